The second-order valence-electron chi connectivity index (χ2n) is 7.76. The second-order valence-corrected chi connectivity index (χ2v) is 8.70. The molecule has 0 unspecified atom stereocenters. The van der Waals surface area contributed by atoms with Gasteiger partial charge >= 0.3 is 0 Å². The van der Waals surface area contributed by atoms with Crippen molar-refractivity contribution in [3.63, 3.8) is 0 Å². The molecule has 38 heavy (non-hydrogen) atoms. The number of hydrazone groups is 1. The molecule has 0 aliphatic rings. The van der Waals surface area contributed by atoms with Crippen LogP contribution in [-0.2, 0) is 4.79 Å². The Balaban J connectivity index is 1.51. The number of nitrogens with one attached hydrogen (secondary N) is 1. The monoisotopic (exact) mass is 533 g/mol. The van der Waals surface area contributed by atoms with Crippen LogP contribution in [0, 0.1) is 0 Å². The number of ether oxygens (including phenoxy) is 4. The van der Waals surface area contributed by atoms with Crippen molar-refractivity contribution in [2.75, 3.05) is 34.2 Å². The first-order valence-corrected chi connectivity index (χ1v) is 12.5. The number of methoxy groups -OCH3 is 4. The molecule has 0 saturated heterocycles. The lowest BCUT2D eigenvalue weighted by molar-refractivity contribution is -0.118. The number of amides is 1. The Kier molecular flexibility index (Phi) is 8.83. The van der Waals surface area contributed by atoms with Crippen molar-refractivity contribution < 1.29 is 23.7 Å². The molecule has 0 saturated carbocycles. The molecule has 0 aliphatic heterocycles. The molecule has 0 radical (unpaired) electrons. The highest BCUT2D eigenvalue weighted by Gasteiger charge is 2.17. The summed E-state index contributed by atoms with van der Waals surface area (Å²) in [6.45, 7) is 0. The van der Waals surface area contributed by atoms with Gasteiger partial charge in [0.25, 0.3) is 5.91 Å². The molecule has 196 valence electrons. The summed E-state index contributed by atoms with van der Waals surface area (Å²) in [6, 6.07) is 20.4. The van der Waals surface area contributed by atoms with Gasteiger partial charge in [0, 0.05) is 22.9 Å². The zero-order chi connectivity index (χ0) is 26.9. The van der Waals surface area contributed by atoms with E-state index in [-0.39, 0.29) is 11.7 Å². The fraction of sp³-hybridized carbons (Fsp3) is 0.185. The molecule has 1 N–H and O–H groups in total. The highest BCUT2D eigenvalue weighted by Crippen LogP contribution is 2.30. The second kappa shape index (κ2) is 12.6. The molecule has 11 heteroatoms. The SMILES string of the molecule is COc1ccc(-c2nnc(SCC(=O)NN=Cc3ccc(OC)cc3OC)n2-c2ccc(OC)cc2)cc1. The maximum absolute atomic E-state index is 12.6. The van der Waals surface area contributed by atoms with Gasteiger partial charge in [-0.15, -0.1) is 10.2 Å². The maximum atomic E-state index is 12.6. The van der Waals surface area contributed by atoms with Crippen LogP contribution in [-0.4, -0.2) is 61.1 Å². The van der Waals surface area contributed by atoms with E-state index in [2.05, 4.69) is 20.7 Å². The number of hydrogen-bond donors (Lipinski definition) is 1. The van der Waals surface area contributed by atoms with Crippen LogP contribution in [0.25, 0.3) is 17.1 Å². The van der Waals surface area contributed by atoms with E-state index < -0.39 is 0 Å². The van der Waals surface area contributed by atoms with Gasteiger partial charge in [0.2, 0.25) is 0 Å². The zero-order valence-electron chi connectivity index (χ0n) is 21.4. The molecule has 4 aromatic rings. The van der Waals surface area contributed by atoms with E-state index in [4.69, 9.17) is 18.9 Å². The summed E-state index contributed by atoms with van der Waals surface area (Å²) in [5.74, 6) is 3.12. The minimum Gasteiger partial charge on any atom is -0.497 e. The number of benzene rings is 3. The predicted molar refractivity (Wildman–Crippen MR) is 146 cm³/mol. The molecule has 0 aliphatic carbocycles. The van der Waals surface area contributed by atoms with Crippen molar-refractivity contribution in [3.8, 4) is 40.1 Å². The van der Waals surface area contributed by atoms with Crippen LogP contribution < -0.4 is 24.4 Å². The van der Waals surface area contributed by atoms with Gasteiger partial charge in [-0.05, 0) is 60.7 Å². The number of thioether (sulfide) groups is 1. The molecular formula is C27H27N5O5S. The molecule has 1 aromatic heterocycles. The van der Waals surface area contributed by atoms with E-state index in [1.54, 1.807) is 46.6 Å². The minimum absolute atomic E-state index is 0.0774. The van der Waals surface area contributed by atoms with Crippen LogP contribution in [0.5, 0.6) is 23.0 Å². The summed E-state index contributed by atoms with van der Waals surface area (Å²) in [4.78, 5) is 12.6. The van der Waals surface area contributed by atoms with Crippen molar-refractivity contribution in [1.29, 1.82) is 0 Å². The maximum Gasteiger partial charge on any atom is 0.250 e. The Morgan fingerprint density at radius 3 is 2.13 bits per heavy atom. The summed E-state index contributed by atoms with van der Waals surface area (Å²) in [6.07, 6.45) is 1.52. The fourth-order valence-electron chi connectivity index (χ4n) is 3.52. The molecule has 1 amide bonds. The molecule has 4 rings (SSSR count). The average Bonchev–Trinajstić information content (AvgIpc) is 3.40. The summed E-state index contributed by atoms with van der Waals surface area (Å²) >= 11 is 1.25. The van der Waals surface area contributed by atoms with Crippen LogP contribution >= 0.6 is 11.8 Å². The van der Waals surface area contributed by atoms with Gasteiger partial charge in [-0.2, -0.15) is 5.10 Å². The molecule has 10 nitrogen and oxygen atoms in total. The third-order valence-electron chi connectivity index (χ3n) is 5.48. The van der Waals surface area contributed by atoms with E-state index in [0.717, 1.165) is 22.7 Å². The third kappa shape index (κ3) is 6.24. The van der Waals surface area contributed by atoms with Crippen molar-refractivity contribution in [2.24, 2.45) is 5.10 Å². The largest absolute Gasteiger partial charge is 0.497 e. The first-order chi connectivity index (χ1) is 18.6. The normalized spacial score (nSPS) is 10.8. The van der Waals surface area contributed by atoms with E-state index in [1.807, 2.05) is 53.1 Å². The number of aromatic nitrogens is 3. The number of rotatable bonds is 11. The summed E-state index contributed by atoms with van der Waals surface area (Å²) in [5, 5.41) is 13.4. The van der Waals surface area contributed by atoms with E-state index in [0.29, 0.717) is 28.0 Å². The summed E-state index contributed by atoms with van der Waals surface area (Å²) < 4.78 is 23.0. The van der Waals surface area contributed by atoms with Crippen LogP contribution in [0.4, 0.5) is 0 Å². The van der Waals surface area contributed by atoms with Gasteiger partial charge in [0.05, 0.1) is 40.4 Å². The lowest BCUT2D eigenvalue weighted by Crippen LogP contribution is -2.20. The summed E-state index contributed by atoms with van der Waals surface area (Å²) in [7, 11) is 6.37. The van der Waals surface area contributed by atoms with Gasteiger partial charge < -0.3 is 18.9 Å². The lowest BCUT2D eigenvalue weighted by atomic mass is 10.2. The molecule has 0 spiro atoms. The van der Waals surface area contributed by atoms with Crippen molar-refractivity contribution in [3.05, 3.63) is 72.3 Å². The van der Waals surface area contributed by atoms with Crippen LogP contribution in [0.2, 0.25) is 0 Å². The molecule has 0 bridgehead atoms. The Hall–Kier alpha value is -4.51. The Bertz CT molecular complexity index is 1400. The Labute approximate surface area is 224 Å². The van der Waals surface area contributed by atoms with E-state index in [1.165, 1.54) is 18.0 Å². The van der Waals surface area contributed by atoms with Crippen LogP contribution in [0.1, 0.15) is 5.56 Å². The van der Waals surface area contributed by atoms with Gasteiger partial charge in [0.1, 0.15) is 23.0 Å². The van der Waals surface area contributed by atoms with Crippen LogP contribution in [0.3, 0.4) is 0 Å². The molecule has 0 fully saturated rings. The number of carbonyl (C=O) groups excluding carboxylic acids is 1. The number of carbonyl (C=O) groups is 1. The third-order valence-corrected chi connectivity index (χ3v) is 6.41. The number of nitrogens with zero attached hydrogens (tertiary/aromatic N) is 4. The Morgan fingerprint density at radius 1 is 0.868 bits per heavy atom. The average molecular weight is 534 g/mol. The van der Waals surface area contributed by atoms with E-state index in [9.17, 15) is 4.79 Å². The van der Waals surface area contributed by atoms with Crippen LogP contribution in [0.15, 0.2) is 77.0 Å². The molecule has 1 heterocycles. The number of hydrogen-bond acceptors (Lipinski definition) is 9. The molecule has 3 aromatic carbocycles. The zero-order valence-corrected chi connectivity index (χ0v) is 22.2. The molecule has 0 atom stereocenters. The van der Waals surface area contributed by atoms with E-state index >= 15 is 0 Å². The lowest BCUT2D eigenvalue weighted by Gasteiger charge is -2.11. The van der Waals surface area contributed by atoms with Crippen molar-refractivity contribution in [1.82, 2.24) is 20.2 Å². The van der Waals surface area contributed by atoms with Gasteiger partial charge in [0.15, 0.2) is 11.0 Å². The standard InChI is InChI=1S/C27H27N5O5S/c1-34-21-10-5-18(6-11-21)26-30-31-27(32(26)20-8-13-22(35-2)14-9-20)38-17-25(33)29-28-16-19-7-12-23(36-3)15-24(19)37-4/h5-16H,17H2,1-4H3,(H,29,33). The minimum atomic E-state index is -0.297. The van der Waals surface area contributed by atoms with Gasteiger partial charge in [-0.25, -0.2) is 5.43 Å². The van der Waals surface area contributed by atoms with Gasteiger partial charge in [-0.3, -0.25) is 9.36 Å². The van der Waals surface area contributed by atoms with Crippen molar-refractivity contribution in [2.45, 2.75) is 5.16 Å². The quantitative estimate of drug-likeness (QED) is 0.174. The summed E-state index contributed by atoms with van der Waals surface area (Å²) in [5.41, 5.74) is 4.92. The fourth-order valence-corrected chi connectivity index (χ4v) is 4.26. The predicted octanol–water partition coefficient (Wildman–Crippen LogP) is 4.21. The molecular weight excluding hydrogens is 506 g/mol. The van der Waals surface area contributed by atoms with Crippen molar-refractivity contribution >= 4 is 23.9 Å². The van der Waals surface area contributed by atoms with Gasteiger partial charge in [-0.1, -0.05) is 11.8 Å². The highest BCUT2D eigenvalue weighted by molar-refractivity contribution is 7.99. The first kappa shape index (κ1) is 26.6. The Morgan fingerprint density at radius 2 is 1.50 bits per heavy atom. The smallest absolute Gasteiger partial charge is 0.250 e. The first-order valence-electron chi connectivity index (χ1n) is 11.5. The topological polar surface area (TPSA) is 109 Å². The highest BCUT2D eigenvalue weighted by atomic mass is 32.2.